The van der Waals surface area contributed by atoms with Crippen LogP contribution < -0.4 is 25.0 Å². The van der Waals surface area contributed by atoms with Crippen molar-refractivity contribution >= 4 is 39.7 Å². The van der Waals surface area contributed by atoms with E-state index in [1.165, 1.54) is 25.6 Å². The molecule has 0 bridgehead atoms. The molecule has 39 heavy (non-hydrogen) atoms. The number of allylic oxidation sites excluding steroid dienone is 2. The quantitative estimate of drug-likeness (QED) is 0.296. The lowest BCUT2D eigenvalue weighted by Crippen LogP contribution is -2.36. The van der Waals surface area contributed by atoms with E-state index in [4.69, 9.17) is 18.9 Å². The van der Waals surface area contributed by atoms with Gasteiger partial charge in [-0.2, -0.15) is 0 Å². The van der Waals surface area contributed by atoms with E-state index in [9.17, 15) is 9.59 Å². The summed E-state index contributed by atoms with van der Waals surface area (Å²) in [5.41, 5.74) is 2.66. The van der Waals surface area contributed by atoms with E-state index >= 15 is 0 Å². The van der Waals surface area contributed by atoms with Gasteiger partial charge in [0.05, 0.1) is 43.8 Å². The summed E-state index contributed by atoms with van der Waals surface area (Å²) in [6, 6.07) is 11.2. The van der Waals surface area contributed by atoms with Gasteiger partial charge in [0.15, 0.2) is 11.5 Å². The molecule has 3 aromatic rings. The fraction of sp³-hybridized carbons (Fsp3) is 0.286. The third kappa shape index (κ3) is 6.00. The van der Waals surface area contributed by atoms with Crippen LogP contribution in [0.3, 0.4) is 0 Å². The van der Waals surface area contributed by atoms with Gasteiger partial charge in [-0.15, -0.1) is 0 Å². The van der Waals surface area contributed by atoms with E-state index in [1.54, 1.807) is 19.2 Å². The van der Waals surface area contributed by atoms with Crippen LogP contribution in [-0.4, -0.2) is 75.3 Å². The number of ether oxygens (including phenoxy) is 4. The number of nitrogens with zero attached hydrogens (tertiary/aromatic N) is 3. The molecule has 2 N–H and O–H groups in total. The first-order valence-electron chi connectivity index (χ1n) is 12.5. The Morgan fingerprint density at radius 1 is 0.897 bits per heavy atom. The van der Waals surface area contributed by atoms with E-state index < -0.39 is 0 Å². The Kier molecular flexibility index (Phi) is 7.99. The van der Waals surface area contributed by atoms with Gasteiger partial charge in [0, 0.05) is 55.2 Å². The average molecular weight is 532 g/mol. The lowest BCUT2D eigenvalue weighted by Gasteiger charge is -2.29. The van der Waals surface area contributed by atoms with Gasteiger partial charge in [-0.05, 0) is 30.3 Å². The average Bonchev–Trinajstić information content (AvgIpc) is 2.96. The number of hydrogen-bond acceptors (Lipinski definition) is 11. The van der Waals surface area contributed by atoms with Gasteiger partial charge in [0.2, 0.25) is 11.6 Å². The number of fused-ring (bicyclic) bond motifs is 1. The number of hydrogen-bond donors (Lipinski definition) is 2. The molecule has 0 saturated carbocycles. The predicted octanol–water partition coefficient (Wildman–Crippen LogP) is 2.94. The van der Waals surface area contributed by atoms with Crippen LogP contribution in [-0.2, 0) is 19.1 Å². The van der Waals surface area contributed by atoms with E-state index in [1.807, 2.05) is 24.3 Å². The van der Waals surface area contributed by atoms with Crippen LogP contribution in [0.2, 0.25) is 0 Å². The minimum Gasteiger partial charge on any atom is -0.493 e. The van der Waals surface area contributed by atoms with Crippen molar-refractivity contribution < 1.29 is 28.5 Å². The Balaban J connectivity index is 1.30. The maximum atomic E-state index is 12.9. The van der Waals surface area contributed by atoms with Crippen molar-refractivity contribution in [2.75, 3.05) is 69.3 Å². The highest BCUT2D eigenvalue weighted by molar-refractivity contribution is 6.22. The maximum Gasteiger partial charge on any atom is 0.204 e. The van der Waals surface area contributed by atoms with Crippen LogP contribution in [0.5, 0.6) is 11.5 Å². The summed E-state index contributed by atoms with van der Waals surface area (Å²) in [6.45, 7) is 3.85. The van der Waals surface area contributed by atoms with Gasteiger partial charge in [-0.3, -0.25) is 9.59 Å². The molecule has 11 nitrogen and oxygen atoms in total. The topological polar surface area (TPSA) is 124 Å². The summed E-state index contributed by atoms with van der Waals surface area (Å²) in [5.74, 6) is 0.644. The van der Waals surface area contributed by atoms with E-state index in [-0.39, 0.29) is 23.0 Å². The molecule has 2 heterocycles. The standard InChI is InChI=1S/C28H29N5O6/c1-36-11-12-39-27-16-21-20(13-26(27)37-2)28(30-17-29-21)32-23-15-24(34)22(14-25(23)35)31-18-3-5-19(6-4-18)33-7-9-38-10-8-33/h3-6,13-17,31H,7-12H2,1-2H3,(H,29,30,32). The summed E-state index contributed by atoms with van der Waals surface area (Å²) in [7, 11) is 3.12. The Labute approximate surface area is 225 Å². The van der Waals surface area contributed by atoms with E-state index in [2.05, 4.69) is 25.5 Å². The molecule has 0 spiro atoms. The van der Waals surface area contributed by atoms with Gasteiger partial charge in [0.25, 0.3) is 0 Å². The number of carbonyl (C=O) groups is 2. The zero-order valence-electron chi connectivity index (χ0n) is 21.7. The van der Waals surface area contributed by atoms with Crippen molar-refractivity contribution in [1.82, 2.24) is 9.97 Å². The smallest absolute Gasteiger partial charge is 0.204 e. The lowest BCUT2D eigenvalue weighted by atomic mass is 10.1. The molecule has 2 aliphatic rings. The number of benzene rings is 2. The highest BCUT2D eigenvalue weighted by atomic mass is 16.5. The lowest BCUT2D eigenvalue weighted by molar-refractivity contribution is -0.115. The van der Waals surface area contributed by atoms with Gasteiger partial charge in [-0.25, -0.2) is 9.97 Å². The zero-order valence-corrected chi connectivity index (χ0v) is 21.7. The molecular formula is C28H29N5O6. The number of ketones is 2. The SMILES string of the molecule is COCCOc1cc2ncnc(NC3=CC(=O)C(Nc4ccc(N5CCOCC5)cc4)=CC3=O)c2cc1OC. The highest BCUT2D eigenvalue weighted by Crippen LogP contribution is 2.34. The number of morpholine rings is 1. The molecule has 0 radical (unpaired) electrons. The fourth-order valence-electron chi connectivity index (χ4n) is 4.29. The van der Waals surface area contributed by atoms with E-state index in [0.29, 0.717) is 60.3 Å². The van der Waals surface area contributed by atoms with Crippen molar-refractivity contribution in [2.24, 2.45) is 0 Å². The molecular weight excluding hydrogens is 502 g/mol. The first kappa shape index (κ1) is 26.1. The van der Waals surface area contributed by atoms with Crippen LogP contribution in [0.1, 0.15) is 0 Å². The van der Waals surface area contributed by atoms with Gasteiger partial charge in [-0.1, -0.05) is 0 Å². The van der Waals surface area contributed by atoms with Gasteiger partial charge in [0.1, 0.15) is 18.8 Å². The highest BCUT2D eigenvalue weighted by Gasteiger charge is 2.22. The Bertz CT molecular complexity index is 1430. The molecule has 2 aromatic carbocycles. The Hall–Kier alpha value is -4.48. The Morgan fingerprint density at radius 3 is 2.31 bits per heavy atom. The second-order valence-electron chi connectivity index (χ2n) is 8.82. The summed E-state index contributed by atoms with van der Waals surface area (Å²) in [5, 5.41) is 6.65. The van der Waals surface area contributed by atoms with E-state index in [0.717, 1.165) is 18.8 Å². The number of methoxy groups -OCH3 is 2. The first-order valence-corrected chi connectivity index (χ1v) is 12.5. The molecule has 1 aliphatic carbocycles. The molecule has 1 aliphatic heterocycles. The number of rotatable bonds is 10. The number of anilines is 3. The fourth-order valence-corrected chi connectivity index (χ4v) is 4.29. The third-order valence-corrected chi connectivity index (χ3v) is 6.32. The van der Waals surface area contributed by atoms with Crippen molar-refractivity contribution in [2.45, 2.75) is 0 Å². The van der Waals surface area contributed by atoms with Gasteiger partial charge < -0.3 is 34.5 Å². The van der Waals surface area contributed by atoms with Crippen molar-refractivity contribution in [1.29, 1.82) is 0 Å². The van der Waals surface area contributed by atoms with Crippen molar-refractivity contribution in [3.05, 3.63) is 66.3 Å². The number of aromatic nitrogens is 2. The molecule has 0 unspecified atom stereocenters. The molecule has 5 rings (SSSR count). The van der Waals surface area contributed by atoms with Crippen LogP contribution in [0.4, 0.5) is 17.2 Å². The minimum absolute atomic E-state index is 0.104. The van der Waals surface area contributed by atoms with Crippen LogP contribution in [0.15, 0.2) is 66.3 Å². The van der Waals surface area contributed by atoms with Crippen LogP contribution >= 0.6 is 0 Å². The summed E-state index contributed by atoms with van der Waals surface area (Å²) in [6.07, 6.45) is 3.92. The van der Waals surface area contributed by atoms with Crippen molar-refractivity contribution in [3.63, 3.8) is 0 Å². The molecule has 11 heteroatoms. The predicted molar refractivity (Wildman–Crippen MR) is 146 cm³/mol. The Morgan fingerprint density at radius 2 is 1.62 bits per heavy atom. The third-order valence-electron chi connectivity index (χ3n) is 6.32. The zero-order chi connectivity index (χ0) is 27.2. The summed E-state index contributed by atoms with van der Waals surface area (Å²) >= 11 is 0. The molecule has 0 atom stereocenters. The number of nitrogens with one attached hydrogen (secondary N) is 2. The molecule has 0 amide bonds. The largest absolute Gasteiger partial charge is 0.493 e. The summed E-state index contributed by atoms with van der Waals surface area (Å²) < 4.78 is 21.6. The molecule has 1 saturated heterocycles. The van der Waals surface area contributed by atoms with Crippen molar-refractivity contribution in [3.8, 4) is 11.5 Å². The first-order chi connectivity index (χ1) is 19.1. The van der Waals surface area contributed by atoms with Gasteiger partial charge >= 0.3 is 0 Å². The second-order valence-corrected chi connectivity index (χ2v) is 8.82. The maximum absolute atomic E-state index is 12.9. The monoisotopic (exact) mass is 531 g/mol. The van der Waals surface area contributed by atoms with Crippen LogP contribution in [0, 0.1) is 0 Å². The summed E-state index contributed by atoms with van der Waals surface area (Å²) in [4.78, 5) is 36.7. The molecule has 1 fully saturated rings. The normalized spacial score (nSPS) is 15.6. The minimum atomic E-state index is -0.361. The second kappa shape index (κ2) is 11.9. The molecule has 202 valence electrons. The molecule has 1 aromatic heterocycles. The number of carbonyl (C=O) groups excluding carboxylic acids is 2. The van der Waals surface area contributed by atoms with Crippen LogP contribution in [0.25, 0.3) is 10.9 Å².